The summed E-state index contributed by atoms with van der Waals surface area (Å²) in [5.74, 6) is 0.425. The number of phenols is 1. The Hall–Kier alpha value is -2.88. The topological polar surface area (TPSA) is 63.6 Å². The smallest absolute Gasteiger partial charge is 0.298 e. The molecule has 4 nitrogen and oxygen atoms in total. The molecule has 0 aliphatic carbocycles. The van der Waals surface area contributed by atoms with Gasteiger partial charge in [-0.1, -0.05) is 12.1 Å². The van der Waals surface area contributed by atoms with Gasteiger partial charge in [-0.25, -0.2) is 0 Å². The first-order valence-corrected chi connectivity index (χ1v) is 5.98. The summed E-state index contributed by atoms with van der Waals surface area (Å²) in [7, 11) is 0. The Kier molecular flexibility index (Phi) is 2.84. The monoisotopic (exact) mass is 266 g/mol. The SMILES string of the molecule is O=COc1ccc2cc3c(C=O)c(O)ccc3cc2c1. The lowest BCUT2D eigenvalue weighted by Gasteiger charge is -2.07. The van der Waals surface area contributed by atoms with Crippen molar-refractivity contribution in [2.45, 2.75) is 0 Å². The Balaban J connectivity index is 2.33. The van der Waals surface area contributed by atoms with Crippen LogP contribution in [0.3, 0.4) is 0 Å². The van der Waals surface area contributed by atoms with Crippen LogP contribution in [-0.2, 0) is 4.79 Å². The molecular weight excluding hydrogens is 256 g/mol. The Morgan fingerprint density at radius 2 is 1.70 bits per heavy atom. The summed E-state index contributed by atoms with van der Waals surface area (Å²) in [6.45, 7) is 0.380. The average Bonchev–Trinajstić information content (AvgIpc) is 2.46. The third-order valence-electron chi connectivity index (χ3n) is 3.27. The second-order valence-electron chi connectivity index (χ2n) is 4.41. The maximum atomic E-state index is 11.1. The molecule has 1 N–H and O–H groups in total. The number of phenolic OH excluding ortho intramolecular Hbond substituents is 1. The first-order chi connectivity index (χ1) is 9.72. The Bertz CT molecular complexity index is 837. The molecule has 0 aliphatic heterocycles. The quantitative estimate of drug-likeness (QED) is 0.584. The van der Waals surface area contributed by atoms with E-state index in [9.17, 15) is 14.7 Å². The molecule has 0 fully saturated rings. The molecule has 0 atom stereocenters. The van der Waals surface area contributed by atoms with E-state index in [4.69, 9.17) is 4.74 Å². The van der Waals surface area contributed by atoms with E-state index in [1.54, 1.807) is 24.3 Å². The van der Waals surface area contributed by atoms with Gasteiger partial charge in [-0.3, -0.25) is 9.59 Å². The van der Waals surface area contributed by atoms with Crippen LogP contribution in [0.4, 0.5) is 0 Å². The van der Waals surface area contributed by atoms with E-state index in [1.165, 1.54) is 6.07 Å². The molecule has 0 heterocycles. The zero-order chi connectivity index (χ0) is 14.1. The number of hydrogen-bond donors (Lipinski definition) is 1. The predicted octanol–water partition coefficient (Wildman–Crippen LogP) is 3.05. The summed E-state index contributed by atoms with van der Waals surface area (Å²) in [5, 5.41) is 13.0. The Morgan fingerprint density at radius 1 is 0.900 bits per heavy atom. The van der Waals surface area contributed by atoms with E-state index in [0.717, 1.165) is 16.2 Å². The summed E-state index contributed by atoms with van der Waals surface area (Å²) in [6.07, 6.45) is 0.646. The van der Waals surface area contributed by atoms with Crippen LogP contribution in [0.2, 0.25) is 0 Å². The van der Waals surface area contributed by atoms with Crippen molar-refractivity contribution in [2.75, 3.05) is 0 Å². The molecule has 20 heavy (non-hydrogen) atoms. The van der Waals surface area contributed by atoms with Gasteiger partial charge in [0.05, 0.1) is 5.56 Å². The molecule has 3 aromatic rings. The van der Waals surface area contributed by atoms with Crippen molar-refractivity contribution in [3.8, 4) is 11.5 Å². The van der Waals surface area contributed by atoms with Crippen LogP contribution in [0.15, 0.2) is 42.5 Å². The van der Waals surface area contributed by atoms with Crippen LogP contribution in [0, 0.1) is 0 Å². The minimum absolute atomic E-state index is 0.0345. The normalized spacial score (nSPS) is 10.6. The fourth-order valence-corrected chi connectivity index (χ4v) is 2.31. The first kappa shape index (κ1) is 12.2. The van der Waals surface area contributed by atoms with E-state index in [1.807, 2.05) is 12.1 Å². The summed E-state index contributed by atoms with van der Waals surface area (Å²) in [6, 6.07) is 12.2. The molecule has 4 heteroatoms. The molecule has 0 amide bonds. The largest absolute Gasteiger partial charge is 0.507 e. The van der Waals surface area contributed by atoms with E-state index >= 15 is 0 Å². The van der Waals surface area contributed by atoms with Crippen molar-refractivity contribution in [1.29, 1.82) is 0 Å². The van der Waals surface area contributed by atoms with Crippen molar-refractivity contribution in [1.82, 2.24) is 0 Å². The number of aromatic hydroxyl groups is 1. The lowest BCUT2D eigenvalue weighted by Crippen LogP contribution is -1.89. The van der Waals surface area contributed by atoms with Gasteiger partial charge in [0.15, 0.2) is 6.29 Å². The number of aldehydes is 1. The van der Waals surface area contributed by atoms with Gasteiger partial charge in [-0.15, -0.1) is 0 Å². The molecule has 0 aromatic heterocycles. The van der Waals surface area contributed by atoms with Crippen molar-refractivity contribution < 1.29 is 19.4 Å². The molecule has 3 aromatic carbocycles. The highest BCUT2D eigenvalue weighted by Gasteiger charge is 2.08. The number of hydrogen-bond acceptors (Lipinski definition) is 4. The van der Waals surface area contributed by atoms with Crippen LogP contribution < -0.4 is 4.74 Å². The maximum Gasteiger partial charge on any atom is 0.298 e. The minimum Gasteiger partial charge on any atom is -0.507 e. The van der Waals surface area contributed by atoms with Gasteiger partial charge >= 0.3 is 0 Å². The van der Waals surface area contributed by atoms with Crippen molar-refractivity contribution in [3.05, 3.63) is 48.0 Å². The molecule has 98 valence electrons. The summed E-state index contributed by atoms with van der Waals surface area (Å²) in [5.41, 5.74) is 0.276. The maximum absolute atomic E-state index is 11.1. The lowest BCUT2D eigenvalue weighted by molar-refractivity contribution is -0.120. The fraction of sp³-hybridized carbons (Fsp3) is 0. The second kappa shape index (κ2) is 4.66. The highest BCUT2D eigenvalue weighted by atomic mass is 16.5. The standard InChI is InChI=1S/C16H10O4/c17-8-15-14-7-10-1-3-13(20-9-18)6-12(10)5-11(14)2-4-16(15)19/h1-9,19H. The lowest BCUT2D eigenvalue weighted by atomic mass is 9.99. The number of carbonyl (C=O) groups excluding carboxylic acids is 2. The van der Waals surface area contributed by atoms with E-state index in [-0.39, 0.29) is 11.3 Å². The summed E-state index contributed by atoms with van der Waals surface area (Å²) in [4.78, 5) is 21.5. The van der Waals surface area contributed by atoms with E-state index in [2.05, 4.69) is 0 Å². The number of benzene rings is 3. The molecule has 0 saturated carbocycles. The van der Waals surface area contributed by atoms with E-state index < -0.39 is 0 Å². The summed E-state index contributed by atoms with van der Waals surface area (Å²) >= 11 is 0. The third-order valence-corrected chi connectivity index (χ3v) is 3.27. The number of carbonyl (C=O) groups is 2. The van der Waals surface area contributed by atoms with Gasteiger partial charge in [0.25, 0.3) is 6.47 Å². The van der Waals surface area contributed by atoms with Crippen molar-refractivity contribution in [2.24, 2.45) is 0 Å². The molecule has 0 unspecified atom stereocenters. The van der Waals surface area contributed by atoms with Gasteiger partial charge in [-0.05, 0) is 51.9 Å². The molecule has 0 saturated heterocycles. The fourth-order valence-electron chi connectivity index (χ4n) is 2.31. The summed E-state index contributed by atoms with van der Waals surface area (Å²) < 4.78 is 4.81. The van der Waals surface area contributed by atoms with Gasteiger partial charge in [-0.2, -0.15) is 0 Å². The van der Waals surface area contributed by atoms with Crippen LogP contribution in [0.25, 0.3) is 21.5 Å². The van der Waals surface area contributed by atoms with Crippen LogP contribution in [0.5, 0.6) is 11.5 Å². The molecule has 0 spiro atoms. The van der Waals surface area contributed by atoms with E-state index in [0.29, 0.717) is 23.9 Å². The molecule has 0 radical (unpaired) electrons. The zero-order valence-electron chi connectivity index (χ0n) is 10.4. The number of ether oxygens (including phenoxy) is 1. The van der Waals surface area contributed by atoms with Crippen LogP contribution >= 0.6 is 0 Å². The Morgan fingerprint density at radius 3 is 2.45 bits per heavy atom. The second-order valence-corrected chi connectivity index (χ2v) is 4.41. The molecule has 0 aliphatic rings. The molecular formula is C16H10O4. The highest BCUT2D eigenvalue weighted by molar-refractivity contribution is 6.07. The minimum atomic E-state index is -0.0345. The van der Waals surface area contributed by atoms with Gasteiger partial charge in [0.2, 0.25) is 0 Å². The van der Waals surface area contributed by atoms with Crippen LogP contribution in [-0.4, -0.2) is 17.9 Å². The third kappa shape index (κ3) is 1.87. The van der Waals surface area contributed by atoms with Gasteiger partial charge in [0, 0.05) is 0 Å². The number of fused-ring (bicyclic) bond motifs is 2. The molecule has 3 rings (SSSR count). The average molecular weight is 266 g/mol. The predicted molar refractivity (Wildman–Crippen MR) is 75.2 cm³/mol. The molecule has 0 bridgehead atoms. The van der Waals surface area contributed by atoms with Crippen LogP contribution in [0.1, 0.15) is 10.4 Å². The zero-order valence-corrected chi connectivity index (χ0v) is 10.4. The first-order valence-electron chi connectivity index (χ1n) is 5.98. The Labute approximate surface area is 114 Å². The highest BCUT2D eigenvalue weighted by Crippen LogP contribution is 2.31. The van der Waals surface area contributed by atoms with Crippen molar-refractivity contribution >= 4 is 34.3 Å². The van der Waals surface area contributed by atoms with Crippen molar-refractivity contribution in [3.63, 3.8) is 0 Å². The van der Waals surface area contributed by atoms with Gasteiger partial charge < -0.3 is 9.84 Å². The number of rotatable bonds is 3. The van der Waals surface area contributed by atoms with Gasteiger partial charge in [0.1, 0.15) is 11.5 Å².